The summed E-state index contributed by atoms with van der Waals surface area (Å²) in [5, 5.41) is 8.51. The van der Waals surface area contributed by atoms with E-state index in [1.165, 1.54) is 11.1 Å². The van der Waals surface area contributed by atoms with Crippen molar-refractivity contribution in [3.8, 4) is 0 Å². The maximum Gasteiger partial charge on any atom is 0.256 e. The molecule has 1 unspecified atom stereocenters. The minimum atomic E-state index is -0.662. The first-order chi connectivity index (χ1) is 14.0. The molecule has 4 aliphatic rings. The Bertz CT molecular complexity index is 918. The molecule has 3 N–H and O–H groups in total. The number of pyridine rings is 1. The number of amides is 4. The number of imide groups is 1. The van der Waals surface area contributed by atoms with Gasteiger partial charge in [0.25, 0.3) is 5.91 Å². The van der Waals surface area contributed by atoms with Gasteiger partial charge in [0.1, 0.15) is 11.9 Å². The van der Waals surface area contributed by atoms with E-state index in [9.17, 15) is 19.2 Å². The summed E-state index contributed by atoms with van der Waals surface area (Å²) < 4.78 is 0. The van der Waals surface area contributed by atoms with E-state index in [0.29, 0.717) is 36.4 Å². The van der Waals surface area contributed by atoms with E-state index in [0.717, 1.165) is 25.1 Å². The van der Waals surface area contributed by atoms with E-state index < -0.39 is 11.9 Å². The number of aromatic nitrogens is 1. The van der Waals surface area contributed by atoms with Crippen LogP contribution in [-0.4, -0.2) is 76.2 Å². The van der Waals surface area contributed by atoms with Gasteiger partial charge in [-0.25, -0.2) is 4.98 Å². The fourth-order valence-electron chi connectivity index (χ4n) is 4.74. The Morgan fingerprint density at radius 1 is 1.31 bits per heavy atom. The number of piperazine rings is 1. The van der Waals surface area contributed by atoms with Crippen LogP contribution in [0.5, 0.6) is 0 Å². The first-order valence-corrected chi connectivity index (χ1v) is 9.89. The number of piperidine rings is 1. The van der Waals surface area contributed by atoms with Crippen molar-refractivity contribution < 1.29 is 19.2 Å². The van der Waals surface area contributed by atoms with E-state index in [-0.39, 0.29) is 30.7 Å². The largest absolute Gasteiger partial charge is 0.322 e. The molecule has 4 aliphatic heterocycles. The maximum absolute atomic E-state index is 12.7. The fraction of sp³-hybridized carbons (Fsp3) is 0.526. The van der Waals surface area contributed by atoms with Crippen molar-refractivity contribution in [1.82, 2.24) is 25.4 Å². The molecule has 3 fully saturated rings. The number of nitrogens with zero attached hydrogens (tertiary/aromatic N) is 3. The summed E-state index contributed by atoms with van der Waals surface area (Å²) in [6, 6.07) is 1.92. The van der Waals surface area contributed by atoms with Crippen molar-refractivity contribution in [2.24, 2.45) is 0 Å². The van der Waals surface area contributed by atoms with Gasteiger partial charge >= 0.3 is 0 Å². The Labute approximate surface area is 167 Å². The highest BCUT2D eigenvalue weighted by molar-refractivity contribution is 6.05. The number of fused-ring (bicyclic) bond motifs is 3. The number of hydrogen-bond acceptors (Lipinski definition) is 7. The Morgan fingerprint density at radius 2 is 2.17 bits per heavy atom. The highest BCUT2D eigenvalue weighted by atomic mass is 16.2. The van der Waals surface area contributed by atoms with Gasteiger partial charge in [-0.2, -0.15) is 0 Å². The van der Waals surface area contributed by atoms with Crippen molar-refractivity contribution in [3.05, 3.63) is 23.4 Å². The van der Waals surface area contributed by atoms with E-state index in [4.69, 9.17) is 0 Å². The molecule has 152 valence electrons. The van der Waals surface area contributed by atoms with Crippen molar-refractivity contribution in [2.75, 3.05) is 25.0 Å². The normalized spacial score (nSPS) is 28.6. The second-order valence-electron chi connectivity index (χ2n) is 8.10. The molecule has 10 nitrogen and oxygen atoms in total. The van der Waals surface area contributed by atoms with Crippen LogP contribution in [0.15, 0.2) is 12.3 Å². The molecule has 1 aromatic heterocycles. The highest BCUT2D eigenvalue weighted by Gasteiger charge is 2.40. The third kappa shape index (κ3) is 3.28. The van der Waals surface area contributed by atoms with Gasteiger partial charge in [-0.05, 0) is 24.5 Å². The zero-order valence-electron chi connectivity index (χ0n) is 15.8. The van der Waals surface area contributed by atoms with Gasteiger partial charge in [0.2, 0.25) is 17.7 Å². The van der Waals surface area contributed by atoms with Gasteiger partial charge < -0.3 is 15.5 Å². The molecule has 3 atom stereocenters. The summed E-state index contributed by atoms with van der Waals surface area (Å²) in [6.07, 6.45) is 3.06. The molecule has 4 amide bonds. The van der Waals surface area contributed by atoms with Crippen LogP contribution in [0.4, 0.5) is 5.82 Å². The van der Waals surface area contributed by atoms with Gasteiger partial charge in [0.05, 0.1) is 12.1 Å². The summed E-state index contributed by atoms with van der Waals surface area (Å²) >= 11 is 0. The molecule has 3 saturated heterocycles. The van der Waals surface area contributed by atoms with Gasteiger partial charge in [-0.1, -0.05) is 0 Å². The molecule has 5 rings (SSSR count). The second-order valence-corrected chi connectivity index (χ2v) is 8.10. The average Bonchev–Trinajstić information content (AvgIpc) is 3.37. The third-order valence-electron chi connectivity index (χ3n) is 6.19. The Kier molecular flexibility index (Phi) is 4.32. The zero-order chi connectivity index (χ0) is 20.1. The molecule has 2 bridgehead atoms. The first-order valence-electron chi connectivity index (χ1n) is 9.89. The lowest BCUT2D eigenvalue weighted by Crippen LogP contribution is -2.52. The highest BCUT2D eigenvalue weighted by Crippen LogP contribution is 2.28. The molecule has 0 aliphatic carbocycles. The van der Waals surface area contributed by atoms with Crippen LogP contribution in [0, 0.1) is 0 Å². The number of nitrogens with one attached hydrogen (secondary N) is 3. The van der Waals surface area contributed by atoms with E-state index in [1.807, 2.05) is 0 Å². The molecule has 0 saturated carbocycles. The zero-order valence-corrected chi connectivity index (χ0v) is 15.8. The number of hydrogen-bond donors (Lipinski definition) is 3. The summed E-state index contributed by atoms with van der Waals surface area (Å²) in [5.41, 5.74) is 1.14. The van der Waals surface area contributed by atoms with Crippen molar-refractivity contribution >= 4 is 29.4 Å². The number of likely N-dealkylation sites (tertiary alicyclic amines) is 1. The van der Waals surface area contributed by atoms with Crippen LogP contribution in [0.3, 0.4) is 0 Å². The molecule has 0 radical (unpaired) electrons. The minimum Gasteiger partial charge on any atom is -0.322 e. The quantitative estimate of drug-likeness (QED) is 0.546. The standard InChI is InChI=1S/C19H22N6O4/c26-16-2-1-14(18(28)23-16)25-7-10-3-15(21-6-13(10)19(25)29)22-17(27)9-24-8-11-4-12(24)5-20-11/h3,6,11-12,14,20H,1-2,4-5,7-9H2,(H,21,22,27)(H,23,26,28)/t11-,12-,14?/m1/s1. The van der Waals surface area contributed by atoms with Crippen LogP contribution >= 0.6 is 0 Å². The summed E-state index contributed by atoms with van der Waals surface area (Å²) in [7, 11) is 0. The van der Waals surface area contributed by atoms with Crippen LogP contribution in [0.2, 0.25) is 0 Å². The second kappa shape index (κ2) is 6.89. The van der Waals surface area contributed by atoms with Gasteiger partial charge in [-0.3, -0.25) is 29.4 Å². The van der Waals surface area contributed by atoms with E-state index >= 15 is 0 Å². The summed E-state index contributed by atoms with van der Waals surface area (Å²) in [4.78, 5) is 56.4. The molecule has 29 heavy (non-hydrogen) atoms. The number of anilines is 1. The molecular formula is C19H22N6O4. The molecular weight excluding hydrogens is 376 g/mol. The predicted octanol–water partition coefficient (Wildman–Crippen LogP) is -1.17. The molecule has 0 spiro atoms. The maximum atomic E-state index is 12.7. The van der Waals surface area contributed by atoms with Crippen molar-refractivity contribution in [3.63, 3.8) is 0 Å². The van der Waals surface area contributed by atoms with Crippen LogP contribution in [0.1, 0.15) is 35.2 Å². The number of rotatable bonds is 4. The van der Waals surface area contributed by atoms with Gasteiger partial charge in [0.15, 0.2) is 0 Å². The Morgan fingerprint density at radius 3 is 2.90 bits per heavy atom. The predicted molar refractivity (Wildman–Crippen MR) is 101 cm³/mol. The van der Waals surface area contributed by atoms with Crippen molar-refractivity contribution in [2.45, 2.75) is 43.9 Å². The smallest absolute Gasteiger partial charge is 0.256 e. The fourth-order valence-corrected chi connectivity index (χ4v) is 4.74. The van der Waals surface area contributed by atoms with Gasteiger partial charge in [-0.15, -0.1) is 0 Å². The Balaban J connectivity index is 1.24. The summed E-state index contributed by atoms with van der Waals surface area (Å²) in [6.45, 7) is 2.38. The number of carbonyl (C=O) groups is 4. The number of carbonyl (C=O) groups excluding carboxylic acids is 4. The van der Waals surface area contributed by atoms with Gasteiger partial charge in [0, 0.05) is 44.3 Å². The average molecular weight is 398 g/mol. The van der Waals surface area contributed by atoms with Crippen LogP contribution < -0.4 is 16.0 Å². The Hall–Kier alpha value is -2.85. The lowest BCUT2D eigenvalue weighted by Gasteiger charge is -2.29. The molecule has 5 heterocycles. The first kappa shape index (κ1) is 18.2. The summed E-state index contributed by atoms with van der Waals surface area (Å²) in [5.74, 6) is -0.770. The third-order valence-corrected chi connectivity index (χ3v) is 6.19. The molecule has 10 heteroatoms. The topological polar surface area (TPSA) is 124 Å². The van der Waals surface area contributed by atoms with Crippen LogP contribution in [-0.2, 0) is 20.9 Å². The van der Waals surface area contributed by atoms with Crippen molar-refractivity contribution in [1.29, 1.82) is 0 Å². The van der Waals surface area contributed by atoms with E-state index in [2.05, 4.69) is 25.8 Å². The molecule has 1 aromatic rings. The SMILES string of the molecule is O=C1CCC(N2Cc3cc(NC(=O)CN4C[C@H]5C[C@@H]4CN5)ncc3C2=O)C(=O)N1. The lowest BCUT2D eigenvalue weighted by atomic mass is 10.0. The lowest BCUT2D eigenvalue weighted by molar-refractivity contribution is -0.137. The molecule has 0 aromatic carbocycles. The monoisotopic (exact) mass is 398 g/mol. The minimum absolute atomic E-state index is 0.128. The van der Waals surface area contributed by atoms with Crippen LogP contribution in [0.25, 0.3) is 0 Å². The van der Waals surface area contributed by atoms with E-state index in [1.54, 1.807) is 6.07 Å².